The average molecular weight is 959 g/mol. The second kappa shape index (κ2) is 16.1. The van der Waals surface area contributed by atoms with E-state index in [9.17, 15) is 0 Å². The van der Waals surface area contributed by atoms with Crippen molar-refractivity contribution in [2.45, 2.75) is 51.3 Å². The molecule has 0 aliphatic carbocycles. The fourth-order valence-electron chi connectivity index (χ4n) is 5.06. The number of benzene rings is 2. The summed E-state index contributed by atoms with van der Waals surface area (Å²) < 4.78 is 10.5. The number of nitrogens with one attached hydrogen (secondary N) is 1. The molecule has 4 atom stereocenters. The Labute approximate surface area is 279 Å². The molecule has 214 valence electrons. The summed E-state index contributed by atoms with van der Waals surface area (Å²) in [5, 5.41) is 12.5. The van der Waals surface area contributed by atoms with Crippen molar-refractivity contribution in [1.29, 1.82) is 0 Å². The molecule has 2 heterocycles. The van der Waals surface area contributed by atoms with Gasteiger partial charge in [-0.2, -0.15) is 0 Å². The summed E-state index contributed by atoms with van der Waals surface area (Å²) in [6, 6.07) is 19.2. The molecule has 1 N–H and O–H groups in total. The molecule has 1 aliphatic rings. The molecule has 3 aromatic rings. The number of aromatic nitrogens is 3. The Balaban J connectivity index is 1.36. The van der Waals surface area contributed by atoms with Crippen LogP contribution in [0.25, 0.3) is 0 Å². The number of hydrogen-bond acceptors (Lipinski definition) is 6. The van der Waals surface area contributed by atoms with Gasteiger partial charge in [0.25, 0.3) is 0 Å². The van der Waals surface area contributed by atoms with E-state index in [1.54, 1.807) is 0 Å². The van der Waals surface area contributed by atoms with Gasteiger partial charge in [-0.25, -0.2) is 0 Å². The number of rotatable bonds is 15. The van der Waals surface area contributed by atoms with Gasteiger partial charge in [0.1, 0.15) is 5.75 Å². The van der Waals surface area contributed by atoms with E-state index in [0.29, 0.717) is 12.5 Å². The van der Waals surface area contributed by atoms with Crippen molar-refractivity contribution in [2.75, 3.05) is 21.3 Å². The van der Waals surface area contributed by atoms with E-state index in [0.717, 1.165) is 43.1 Å². The van der Waals surface area contributed by atoms with Crippen LogP contribution in [0.1, 0.15) is 48.9 Å². The molecule has 1 fully saturated rings. The fourth-order valence-corrected chi connectivity index (χ4v) is 10.5. The Morgan fingerprint density at radius 2 is 1.90 bits per heavy atom. The van der Waals surface area contributed by atoms with Gasteiger partial charge >= 0.3 is 184 Å². The normalized spacial score (nSPS) is 17.8. The van der Waals surface area contributed by atoms with Crippen LogP contribution in [0.3, 0.4) is 0 Å². The van der Waals surface area contributed by atoms with Gasteiger partial charge in [-0.3, -0.25) is 0 Å². The van der Waals surface area contributed by atoms with Crippen molar-refractivity contribution in [2.24, 2.45) is 5.92 Å². The Morgan fingerprint density at radius 1 is 1.15 bits per heavy atom. The number of ether oxygens (including phenoxy) is 1. The molecule has 0 spiro atoms. The van der Waals surface area contributed by atoms with E-state index in [1.165, 1.54) is 76.6 Å². The molecule has 0 saturated carbocycles. The van der Waals surface area contributed by atoms with Crippen LogP contribution in [0.2, 0.25) is 0 Å². The molecule has 7 nitrogen and oxygen atoms in total. The zero-order valence-electron chi connectivity index (χ0n) is 24.2. The number of hydrogen-bond donors (Lipinski definition) is 1. The molecular weight excluding hydrogens is 918 g/mol. The molecule has 10 heteroatoms. The summed E-state index contributed by atoms with van der Waals surface area (Å²) >= 11 is 2.37. The van der Waals surface area contributed by atoms with Gasteiger partial charge in [-0.05, 0) is 23.3 Å². The average Bonchev–Trinajstić information content (AvgIpc) is 3.65. The topological polar surface area (TPSA) is 58.5 Å². The molecule has 0 bridgehead atoms. The van der Waals surface area contributed by atoms with E-state index in [2.05, 4.69) is 98.1 Å². The van der Waals surface area contributed by atoms with E-state index in [-0.39, 0.29) is 17.9 Å². The van der Waals surface area contributed by atoms with Crippen LogP contribution in [-0.2, 0) is 13.2 Å². The number of nitrogens with zero attached hydrogens (tertiary/aromatic N) is 5. The van der Waals surface area contributed by atoms with Crippen LogP contribution >= 0.6 is 9.24 Å². The van der Waals surface area contributed by atoms with E-state index in [4.69, 9.17) is 4.74 Å². The predicted octanol–water partition coefficient (Wildman–Crippen LogP) is 4.42. The van der Waals surface area contributed by atoms with Crippen LogP contribution in [0.5, 0.6) is 5.75 Å². The summed E-state index contributed by atoms with van der Waals surface area (Å²) in [6.07, 6.45) is 3.01. The second-order valence-electron chi connectivity index (χ2n) is 10.9. The molecule has 2 aromatic carbocycles. The quantitative estimate of drug-likeness (QED) is 0.139. The summed E-state index contributed by atoms with van der Waals surface area (Å²) in [7, 11) is 2.89. The zero-order valence-corrected chi connectivity index (χ0v) is 33.1. The van der Waals surface area contributed by atoms with Crippen LogP contribution in [-0.4, -0.2) is 104 Å². The molecule has 1 aromatic heterocycles. The Kier molecular flexibility index (Phi) is 12.8. The van der Waals surface area contributed by atoms with Crippen LogP contribution in [0, 0.1) is 5.92 Å². The fraction of sp³-hybridized carbons (Fsp3) is 0.419. The first kappa shape index (κ1) is 32.8. The third-order valence-electron chi connectivity index (χ3n) is 7.61. The molecular formula is C31H41N6OPPb2. The first-order valence-corrected chi connectivity index (χ1v) is 20.3. The van der Waals surface area contributed by atoms with Crippen LogP contribution < -0.4 is 10.1 Å². The molecule has 4 unspecified atom stereocenters. The predicted molar refractivity (Wildman–Crippen MR) is 172 cm³/mol. The standard InChI is InChI=1S/C31H41N6OP.2Pb/c1-22(2)24(4)30-16-28(20-36(30)23(3)18-35(5)6)37-19-27(33-34-37)21-38-29-14-10-13-26(15-29)31(39)32-17-25-11-8-7-9-12-25;;/h7-15,19,22,28,30-32H,3-6,16-18,20-21,39H2,1-2H3;;. The molecule has 1 saturated heterocycles. The van der Waals surface area contributed by atoms with Gasteiger partial charge < -0.3 is 5.32 Å². The summed E-state index contributed by atoms with van der Waals surface area (Å²) in [6.45, 7) is 16.5. The third kappa shape index (κ3) is 9.17. The van der Waals surface area contributed by atoms with Crippen molar-refractivity contribution >= 4 is 60.8 Å². The Bertz CT molecular complexity index is 1280. The van der Waals surface area contributed by atoms with E-state index >= 15 is 0 Å². The van der Waals surface area contributed by atoms with E-state index in [1.807, 2.05) is 29.1 Å². The Morgan fingerprint density at radius 3 is 2.61 bits per heavy atom. The monoisotopic (exact) mass is 960 g/mol. The minimum atomic E-state index is 0.124. The second-order valence-corrected chi connectivity index (χ2v) is 14.0. The van der Waals surface area contributed by atoms with Crippen molar-refractivity contribution in [3.63, 3.8) is 0 Å². The van der Waals surface area contributed by atoms with E-state index < -0.39 is 0 Å². The first-order valence-electron chi connectivity index (χ1n) is 14.1. The number of likely N-dealkylation sites (tertiary alicyclic amines) is 1. The van der Waals surface area contributed by atoms with Gasteiger partial charge in [0.2, 0.25) is 0 Å². The van der Waals surface area contributed by atoms with Crippen LogP contribution in [0.15, 0.2) is 85.2 Å². The zero-order chi connectivity index (χ0) is 29.4. The summed E-state index contributed by atoms with van der Waals surface area (Å²) in [5.74, 6) is 1.37. The molecule has 41 heavy (non-hydrogen) atoms. The van der Waals surface area contributed by atoms with Gasteiger partial charge in [-0.15, -0.1) is 9.24 Å². The van der Waals surface area contributed by atoms with Gasteiger partial charge in [-0.1, -0.05) is 42.5 Å². The minimum absolute atomic E-state index is 0.124. The maximum atomic E-state index is 6.15. The Hall–Kier alpha value is -1.15. The van der Waals surface area contributed by atoms with Gasteiger partial charge in [0, 0.05) is 12.3 Å². The molecule has 4 rings (SSSR count). The van der Waals surface area contributed by atoms with Crippen molar-refractivity contribution < 1.29 is 4.74 Å². The molecule has 1 aliphatic heterocycles. The summed E-state index contributed by atoms with van der Waals surface area (Å²) in [4.78, 5) is 5.00. The molecule has 6 radical (unpaired) electrons. The van der Waals surface area contributed by atoms with Gasteiger partial charge in [0.15, 0.2) is 0 Å². The maximum absolute atomic E-state index is 6.15. The molecule has 0 amide bonds. The van der Waals surface area contributed by atoms with Crippen molar-refractivity contribution in [3.8, 4) is 5.75 Å². The van der Waals surface area contributed by atoms with Crippen molar-refractivity contribution in [3.05, 3.63) is 102 Å². The summed E-state index contributed by atoms with van der Waals surface area (Å²) in [5.41, 5.74) is 5.71. The van der Waals surface area contributed by atoms with Crippen molar-refractivity contribution in [1.82, 2.24) is 30.1 Å². The SMILES string of the molecule is C=C(C(C)C)C1CC(n2cc(COc3cccc(C(P)NCc4ccccc4)c3)nn2)CN1C(=C)CN([CH2][Pb])[CH2][Pb]. The first-order chi connectivity index (χ1) is 19.8. The van der Waals surface area contributed by atoms with Crippen LogP contribution in [0.4, 0.5) is 0 Å². The van der Waals surface area contributed by atoms with Gasteiger partial charge in [0.05, 0.1) is 0 Å². The third-order valence-corrected chi connectivity index (χ3v) is 11.7.